The summed E-state index contributed by atoms with van der Waals surface area (Å²) in [6, 6.07) is 12.5. The maximum absolute atomic E-state index is 5.80. The Bertz CT molecular complexity index is 628. The van der Waals surface area contributed by atoms with Gasteiger partial charge in [-0.15, -0.1) is 0 Å². The maximum Gasteiger partial charge on any atom is 0.124 e. The Morgan fingerprint density at radius 2 is 2.00 bits per heavy atom. The van der Waals surface area contributed by atoms with Crippen LogP contribution in [-0.2, 0) is 6.42 Å². The molecular weight excluding hydrogens is 328 g/mol. The van der Waals surface area contributed by atoms with Crippen LogP contribution in [0.2, 0.25) is 0 Å². The number of halogens is 1. The van der Waals surface area contributed by atoms with Gasteiger partial charge < -0.3 is 4.74 Å². The molecule has 0 heterocycles. The van der Waals surface area contributed by atoms with E-state index in [9.17, 15) is 0 Å². The summed E-state index contributed by atoms with van der Waals surface area (Å²) < 4.78 is 6.62. The van der Waals surface area contributed by atoms with Gasteiger partial charge in [-0.25, -0.2) is 0 Å². The average Bonchev–Trinajstić information content (AvgIpc) is 2.44. The summed E-state index contributed by atoms with van der Waals surface area (Å²) in [5.41, 5.74) is 7.63. The standard InChI is InChI=1S/C17H21BrN2O/c1-11-7-12(2)17(16(8-11)21-3)15(20-19)10-13-5-4-6-14(18)9-13/h4-9,15,20H,10,19H2,1-3H3. The molecule has 1 atom stereocenters. The molecule has 2 aromatic rings. The van der Waals surface area contributed by atoms with Crippen molar-refractivity contribution < 1.29 is 4.74 Å². The summed E-state index contributed by atoms with van der Waals surface area (Å²) in [4.78, 5) is 0. The largest absolute Gasteiger partial charge is 0.496 e. The fraction of sp³-hybridized carbons (Fsp3) is 0.294. The fourth-order valence-corrected chi connectivity index (χ4v) is 3.15. The van der Waals surface area contributed by atoms with E-state index in [2.05, 4.69) is 53.4 Å². The van der Waals surface area contributed by atoms with E-state index in [4.69, 9.17) is 10.6 Å². The Labute approximate surface area is 134 Å². The number of aryl methyl sites for hydroxylation is 2. The predicted octanol–water partition coefficient (Wildman–Crippen LogP) is 3.82. The van der Waals surface area contributed by atoms with Gasteiger partial charge >= 0.3 is 0 Å². The van der Waals surface area contributed by atoms with Crippen molar-refractivity contribution in [3.05, 3.63) is 63.1 Å². The van der Waals surface area contributed by atoms with E-state index in [0.29, 0.717) is 0 Å². The van der Waals surface area contributed by atoms with Gasteiger partial charge in [0.1, 0.15) is 5.75 Å². The Kier molecular flexibility index (Phi) is 5.39. The molecule has 2 rings (SSSR count). The van der Waals surface area contributed by atoms with Crippen molar-refractivity contribution in [2.45, 2.75) is 26.3 Å². The minimum atomic E-state index is 0.00912. The van der Waals surface area contributed by atoms with Crippen LogP contribution in [0.25, 0.3) is 0 Å². The molecule has 3 nitrogen and oxygen atoms in total. The third-order valence-corrected chi connectivity index (χ3v) is 4.08. The molecule has 0 aliphatic rings. The Morgan fingerprint density at radius 1 is 1.24 bits per heavy atom. The molecule has 2 aromatic carbocycles. The van der Waals surface area contributed by atoms with Crippen molar-refractivity contribution in [3.8, 4) is 5.75 Å². The van der Waals surface area contributed by atoms with E-state index in [-0.39, 0.29) is 6.04 Å². The van der Waals surface area contributed by atoms with E-state index in [0.717, 1.165) is 22.2 Å². The van der Waals surface area contributed by atoms with E-state index < -0.39 is 0 Å². The normalized spacial score (nSPS) is 12.2. The van der Waals surface area contributed by atoms with Gasteiger partial charge in [0.15, 0.2) is 0 Å². The minimum Gasteiger partial charge on any atom is -0.496 e. The van der Waals surface area contributed by atoms with Gasteiger partial charge in [-0.3, -0.25) is 11.3 Å². The lowest BCUT2D eigenvalue weighted by Gasteiger charge is -2.22. The van der Waals surface area contributed by atoms with E-state index in [1.54, 1.807) is 7.11 Å². The molecule has 1 unspecified atom stereocenters. The summed E-state index contributed by atoms with van der Waals surface area (Å²) in [6.45, 7) is 4.16. The number of rotatable bonds is 5. The van der Waals surface area contributed by atoms with Gasteiger partial charge in [0.25, 0.3) is 0 Å². The molecule has 4 heteroatoms. The van der Waals surface area contributed by atoms with Crippen molar-refractivity contribution >= 4 is 15.9 Å². The van der Waals surface area contributed by atoms with Crippen LogP contribution in [0.5, 0.6) is 5.75 Å². The van der Waals surface area contributed by atoms with Crippen molar-refractivity contribution in [2.24, 2.45) is 5.84 Å². The maximum atomic E-state index is 5.80. The summed E-state index contributed by atoms with van der Waals surface area (Å²) >= 11 is 3.51. The van der Waals surface area contributed by atoms with Gasteiger partial charge in [-0.05, 0) is 55.2 Å². The van der Waals surface area contributed by atoms with Gasteiger partial charge in [0.2, 0.25) is 0 Å². The van der Waals surface area contributed by atoms with Crippen LogP contribution in [0.1, 0.15) is 28.3 Å². The molecule has 0 saturated heterocycles. The summed E-state index contributed by atoms with van der Waals surface area (Å²) in [5, 5.41) is 0. The predicted molar refractivity (Wildman–Crippen MR) is 90.4 cm³/mol. The quantitative estimate of drug-likeness (QED) is 0.637. The summed E-state index contributed by atoms with van der Waals surface area (Å²) in [6.07, 6.45) is 0.802. The second-order valence-electron chi connectivity index (χ2n) is 5.25. The van der Waals surface area contributed by atoms with Crippen molar-refractivity contribution in [2.75, 3.05) is 7.11 Å². The number of hydrogen-bond acceptors (Lipinski definition) is 3. The third kappa shape index (κ3) is 3.84. The second kappa shape index (κ2) is 7.07. The first kappa shape index (κ1) is 16.0. The molecular formula is C17H21BrN2O. The number of hydrogen-bond donors (Lipinski definition) is 2. The van der Waals surface area contributed by atoms with Crippen LogP contribution in [0.4, 0.5) is 0 Å². The number of hydrazine groups is 1. The highest BCUT2D eigenvalue weighted by molar-refractivity contribution is 9.10. The number of nitrogens with two attached hydrogens (primary N) is 1. The Morgan fingerprint density at radius 3 is 2.62 bits per heavy atom. The smallest absolute Gasteiger partial charge is 0.124 e. The molecule has 0 amide bonds. The Hall–Kier alpha value is -1.36. The fourth-order valence-electron chi connectivity index (χ4n) is 2.70. The van der Waals surface area contributed by atoms with Gasteiger partial charge in [0.05, 0.1) is 13.2 Å². The van der Waals surface area contributed by atoms with E-state index in [1.807, 2.05) is 18.2 Å². The van der Waals surface area contributed by atoms with Gasteiger partial charge in [-0.1, -0.05) is 34.1 Å². The Balaban J connectivity index is 2.37. The minimum absolute atomic E-state index is 0.00912. The first-order valence-electron chi connectivity index (χ1n) is 6.91. The average molecular weight is 349 g/mol. The zero-order valence-corrected chi connectivity index (χ0v) is 14.2. The van der Waals surface area contributed by atoms with E-state index >= 15 is 0 Å². The molecule has 0 spiro atoms. The molecule has 0 bridgehead atoms. The number of benzene rings is 2. The number of methoxy groups -OCH3 is 1. The van der Waals surface area contributed by atoms with Gasteiger partial charge in [-0.2, -0.15) is 0 Å². The number of ether oxygens (including phenoxy) is 1. The van der Waals surface area contributed by atoms with E-state index in [1.165, 1.54) is 16.7 Å². The topological polar surface area (TPSA) is 47.3 Å². The first-order valence-corrected chi connectivity index (χ1v) is 7.70. The van der Waals surface area contributed by atoms with Crippen LogP contribution in [-0.4, -0.2) is 7.11 Å². The van der Waals surface area contributed by atoms with Crippen LogP contribution < -0.4 is 16.0 Å². The van der Waals surface area contributed by atoms with Crippen molar-refractivity contribution in [1.29, 1.82) is 0 Å². The lowest BCUT2D eigenvalue weighted by Crippen LogP contribution is -2.30. The summed E-state index contributed by atoms with van der Waals surface area (Å²) in [7, 11) is 1.70. The molecule has 0 fully saturated rings. The van der Waals surface area contributed by atoms with Crippen LogP contribution in [0.3, 0.4) is 0 Å². The lowest BCUT2D eigenvalue weighted by molar-refractivity contribution is 0.398. The molecule has 0 saturated carbocycles. The highest BCUT2D eigenvalue weighted by Gasteiger charge is 2.18. The second-order valence-corrected chi connectivity index (χ2v) is 6.17. The molecule has 0 aliphatic carbocycles. The summed E-state index contributed by atoms with van der Waals surface area (Å²) in [5.74, 6) is 6.68. The molecule has 112 valence electrons. The third-order valence-electron chi connectivity index (χ3n) is 3.59. The molecule has 0 radical (unpaired) electrons. The van der Waals surface area contributed by atoms with Crippen LogP contribution >= 0.6 is 15.9 Å². The number of nitrogens with one attached hydrogen (secondary N) is 1. The zero-order valence-electron chi connectivity index (χ0n) is 12.6. The highest BCUT2D eigenvalue weighted by atomic mass is 79.9. The van der Waals surface area contributed by atoms with Gasteiger partial charge in [0, 0.05) is 10.0 Å². The molecule has 3 N–H and O–H groups in total. The molecule has 21 heavy (non-hydrogen) atoms. The molecule has 0 aliphatic heterocycles. The lowest BCUT2D eigenvalue weighted by atomic mass is 9.93. The van der Waals surface area contributed by atoms with Crippen LogP contribution in [0.15, 0.2) is 40.9 Å². The zero-order chi connectivity index (χ0) is 15.4. The monoisotopic (exact) mass is 348 g/mol. The molecule has 0 aromatic heterocycles. The van der Waals surface area contributed by atoms with Crippen molar-refractivity contribution in [3.63, 3.8) is 0 Å². The van der Waals surface area contributed by atoms with Crippen LogP contribution in [0, 0.1) is 13.8 Å². The SMILES string of the molecule is COc1cc(C)cc(C)c1C(Cc1cccc(Br)c1)NN. The van der Waals surface area contributed by atoms with Crippen molar-refractivity contribution in [1.82, 2.24) is 5.43 Å². The highest BCUT2D eigenvalue weighted by Crippen LogP contribution is 2.32. The first-order chi connectivity index (χ1) is 10.0.